The van der Waals surface area contributed by atoms with Crippen molar-refractivity contribution in [2.75, 3.05) is 13.1 Å². The number of rotatable bonds is 2. The van der Waals surface area contributed by atoms with E-state index in [9.17, 15) is 8.78 Å². The molecule has 1 fully saturated rings. The topological polar surface area (TPSA) is 12.0 Å². The Bertz CT molecular complexity index is 365. The van der Waals surface area contributed by atoms with Crippen LogP contribution in [0.2, 0.25) is 0 Å². The van der Waals surface area contributed by atoms with Gasteiger partial charge in [0, 0.05) is 0 Å². The van der Waals surface area contributed by atoms with Gasteiger partial charge in [0.15, 0.2) is 11.6 Å². The molecule has 1 aliphatic heterocycles. The summed E-state index contributed by atoms with van der Waals surface area (Å²) in [5, 5.41) is 3.34. The first-order valence-electron chi connectivity index (χ1n) is 5.81. The predicted molar refractivity (Wildman–Crippen MR) is 60.2 cm³/mol. The molecule has 2 rings (SSSR count). The SMILES string of the molecule is CC1CNCCC1Cc1ccc(F)c(F)c1. The van der Waals surface area contributed by atoms with E-state index in [1.54, 1.807) is 6.07 Å². The average Bonchev–Trinajstić information content (AvgIpc) is 2.27. The molecule has 1 aromatic rings. The zero-order valence-electron chi connectivity index (χ0n) is 9.47. The van der Waals surface area contributed by atoms with Crippen LogP contribution in [0.4, 0.5) is 8.78 Å². The van der Waals surface area contributed by atoms with E-state index in [1.165, 1.54) is 12.1 Å². The number of halogens is 2. The second kappa shape index (κ2) is 4.91. The molecule has 1 aromatic carbocycles. The van der Waals surface area contributed by atoms with Gasteiger partial charge in [0.1, 0.15) is 0 Å². The molecule has 0 spiro atoms. The van der Waals surface area contributed by atoms with Crippen LogP contribution in [0.1, 0.15) is 18.9 Å². The molecule has 0 bridgehead atoms. The summed E-state index contributed by atoms with van der Waals surface area (Å²) in [4.78, 5) is 0. The summed E-state index contributed by atoms with van der Waals surface area (Å²) in [5.74, 6) is -0.325. The molecule has 3 heteroatoms. The number of hydrogen-bond acceptors (Lipinski definition) is 1. The maximum Gasteiger partial charge on any atom is 0.159 e. The van der Waals surface area contributed by atoms with Gasteiger partial charge in [0.05, 0.1) is 0 Å². The number of hydrogen-bond donors (Lipinski definition) is 1. The number of nitrogens with one attached hydrogen (secondary N) is 1. The number of piperidine rings is 1. The fourth-order valence-electron chi connectivity index (χ4n) is 2.34. The molecular weight excluding hydrogens is 208 g/mol. The third-order valence-corrected chi connectivity index (χ3v) is 3.44. The van der Waals surface area contributed by atoms with E-state index in [-0.39, 0.29) is 0 Å². The summed E-state index contributed by atoms with van der Waals surface area (Å²) in [6.45, 7) is 4.25. The molecule has 16 heavy (non-hydrogen) atoms. The van der Waals surface area contributed by atoms with Gasteiger partial charge in [0.2, 0.25) is 0 Å². The quantitative estimate of drug-likeness (QED) is 0.816. The minimum absolute atomic E-state index is 0.575. The lowest BCUT2D eigenvalue weighted by atomic mass is 9.83. The Hall–Kier alpha value is -0.960. The predicted octanol–water partition coefficient (Wildman–Crippen LogP) is 2.75. The van der Waals surface area contributed by atoms with Gasteiger partial charge in [-0.25, -0.2) is 8.78 Å². The molecule has 0 saturated carbocycles. The van der Waals surface area contributed by atoms with Crippen LogP contribution in [-0.2, 0) is 6.42 Å². The molecule has 1 saturated heterocycles. The highest BCUT2D eigenvalue weighted by atomic mass is 19.2. The molecule has 1 nitrogen and oxygen atoms in total. The van der Waals surface area contributed by atoms with Crippen molar-refractivity contribution < 1.29 is 8.78 Å². The van der Waals surface area contributed by atoms with Gasteiger partial charge in [-0.05, 0) is 55.5 Å². The van der Waals surface area contributed by atoms with Crippen molar-refractivity contribution in [1.29, 1.82) is 0 Å². The van der Waals surface area contributed by atoms with Crippen LogP contribution in [0.25, 0.3) is 0 Å². The third-order valence-electron chi connectivity index (χ3n) is 3.44. The van der Waals surface area contributed by atoms with Gasteiger partial charge in [0.25, 0.3) is 0 Å². The Kier molecular flexibility index (Phi) is 3.54. The second-order valence-corrected chi connectivity index (χ2v) is 4.68. The molecular formula is C13H17F2N. The Morgan fingerprint density at radius 1 is 1.31 bits per heavy atom. The van der Waals surface area contributed by atoms with Crippen LogP contribution >= 0.6 is 0 Å². The van der Waals surface area contributed by atoms with Gasteiger partial charge in [-0.2, -0.15) is 0 Å². The average molecular weight is 225 g/mol. The van der Waals surface area contributed by atoms with Gasteiger partial charge >= 0.3 is 0 Å². The molecule has 0 amide bonds. The maximum atomic E-state index is 13.0. The molecule has 2 unspecified atom stereocenters. The largest absolute Gasteiger partial charge is 0.316 e. The molecule has 1 N–H and O–H groups in total. The summed E-state index contributed by atoms with van der Waals surface area (Å²) in [6, 6.07) is 4.23. The molecule has 0 aromatic heterocycles. The highest BCUT2D eigenvalue weighted by Gasteiger charge is 2.21. The Balaban J connectivity index is 2.05. The summed E-state index contributed by atoms with van der Waals surface area (Å²) in [5.41, 5.74) is 0.901. The highest BCUT2D eigenvalue weighted by Crippen LogP contribution is 2.23. The van der Waals surface area contributed by atoms with Crippen molar-refractivity contribution in [2.24, 2.45) is 11.8 Å². The molecule has 1 heterocycles. The summed E-state index contributed by atoms with van der Waals surface area (Å²) >= 11 is 0. The lowest BCUT2D eigenvalue weighted by Gasteiger charge is -2.29. The Morgan fingerprint density at radius 2 is 2.12 bits per heavy atom. The van der Waals surface area contributed by atoms with Crippen molar-refractivity contribution in [2.45, 2.75) is 19.8 Å². The lowest BCUT2D eigenvalue weighted by Crippen LogP contribution is -2.35. The van der Waals surface area contributed by atoms with E-state index in [0.29, 0.717) is 11.8 Å². The van der Waals surface area contributed by atoms with E-state index < -0.39 is 11.6 Å². The van der Waals surface area contributed by atoms with Gasteiger partial charge in [-0.3, -0.25) is 0 Å². The van der Waals surface area contributed by atoms with Crippen LogP contribution in [-0.4, -0.2) is 13.1 Å². The van der Waals surface area contributed by atoms with Gasteiger partial charge in [-0.1, -0.05) is 13.0 Å². The minimum atomic E-state index is -0.762. The Morgan fingerprint density at radius 3 is 2.81 bits per heavy atom. The van der Waals surface area contributed by atoms with Crippen molar-refractivity contribution >= 4 is 0 Å². The molecule has 2 atom stereocenters. The maximum absolute atomic E-state index is 13.0. The van der Waals surface area contributed by atoms with Crippen molar-refractivity contribution in [1.82, 2.24) is 5.32 Å². The van der Waals surface area contributed by atoms with E-state index in [2.05, 4.69) is 12.2 Å². The van der Waals surface area contributed by atoms with Crippen LogP contribution in [0.3, 0.4) is 0 Å². The van der Waals surface area contributed by atoms with Crippen molar-refractivity contribution in [3.63, 3.8) is 0 Å². The van der Waals surface area contributed by atoms with E-state index in [4.69, 9.17) is 0 Å². The fraction of sp³-hybridized carbons (Fsp3) is 0.538. The van der Waals surface area contributed by atoms with Crippen LogP contribution < -0.4 is 5.32 Å². The standard InChI is InChI=1S/C13H17F2N/c1-9-8-16-5-4-11(9)6-10-2-3-12(14)13(15)7-10/h2-3,7,9,11,16H,4-6,8H2,1H3. The van der Waals surface area contributed by atoms with Crippen LogP contribution in [0.5, 0.6) is 0 Å². The summed E-state index contributed by atoms with van der Waals surface area (Å²) in [6.07, 6.45) is 1.96. The number of benzene rings is 1. The zero-order chi connectivity index (χ0) is 11.5. The monoisotopic (exact) mass is 225 g/mol. The van der Waals surface area contributed by atoms with Crippen molar-refractivity contribution in [3.8, 4) is 0 Å². The Labute approximate surface area is 94.9 Å². The molecule has 0 aliphatic carbocycles. The first kappa shape index (κ1) is 11.5. The minimum Gasteiger partial charge on any atom is -0.316 e. The normalized spacial score (nSPS) is 25.7. The zero-order valence-corrected chi connectivity index (χ0v) is 9.47. The van der Waals surface area contributed by atoms with Gasteiger partial charge in [-0.15, -0.1) is 0 Å². The smallest absolute Gasteiger partial charge is 0.159 e. The molecule has 88 valence electrons. The van der Waals surface area contributed by atoms with Crippen molar-refractivity contribution in [3.05, 3.63) is 35.4 Å². The molecule has 0 radical (unpaired) electrons. The summed E-state index contributed by atoms with van der Waals surface area (Å²) in [7, 11) is 0. The first-order chi connectivity index (χ1) is 7.66. The van der Waals surface area contributed by atoms with Crippen LogP contribution in [0.15, 0.2) is 18.2 Å². The van der Waals surface area contributed by atoms with E-state index >= 15 is 0 Å². The first-order valence-corrected chi connectivity index (χ1v) is 5.81. The highest BCUT2D eigenvalue weighted by molar-refractivity contribution is 5.18. The van der Waals surface area contributed by atoms with Crippen LogP contribution in [0, 0.1) is 23.5 Å². The summed E-state index contributed by atoms with van der Waals surface area (Å²) < 4.78 is 25.8. The fourth-order valence-corrected chi connectivity index (χ4v) is 2.34. The van der Waals surface area contributed by atoms with E-state index in [0.717, 1.165) is 31.5 Å². The lowest BCUT2D eigenvalue weighted by molar-refractivity contribution is 0.272. The second-order valence-electron chi connectivity index (χ2n) is 4.68. The van der Waals surface area contributed by atoms with Gasteiger partial charge < -0.3 is 5.32 Å². The van der Waals surface area contributed by atoms with E-state index in [1.807, 2.05) is 0 Å². The third kappa shape index (κ3) is 2.59. The molecule has 1 aliphatic rings.